The van der Waals surface area contributed by atoms with Crippen LogP contribution in [0.25, 0.3) is 6.08 Å². The molecular formula is C11H11FO. The molecule has 0 bridgehead atoms. The molecule has 0 unspecified atom stereocenters. The average Bonchev–Trinajstić information content (AvgIpc) is 1.99. The van der Waals surface area contributed by atoms with Gasteiger partial charge in [-0.05, 0) is 43.2 Å². The first-order valence-corrected chi connectivity index (χ1v) is 4.04. The molecule has 0 aliphatic heterocycles. The molecule has 2 heteroatoms. The summed E-state index contributed by atoms with van der Waals surface area (Å²) in [6.07, 6.45) is 3.03. The van der Waals surface area contributed by atoms with Crippen molar-refractivity contribution in [3.05, 3.63) is 41.2 Å². The summed E-state index contributed by atoms with van der Waals surface area (Å²) in [7, 11) is 0. The first kappa shape index (κ1) is 9.65. The van der Waals surface area contributed by atoms with E-state index in [2.05, 4.69) is 0 Å². The van der Waals surface area contributed by atoms with Gasteiger partial charge in [-0.1, -0.05) is 12.1 Å². The molecule has 13 heavy (non-hydrogen) atoms. The van der Waals surface area contributed by atoms with Crippen molar-refractivity contribution in [2.24, 2.45) is 0 Å². The van der Waals surface area contributed by atoms with Crippen LogP contribution < -0.4 is 0 Å². The van der Waals surface area contributed by atoms with Crippen LogP contribution in [0.4, 0.5) is 4.39 Å². The number of aryl methyl sites for hydroxylation is 1. The van der Waals surface area contributed by atoms with Crippen molar-refractivity contribution in [1.29, 1.82) is 0 Å². The second-order valence-electron chi connectivity index (χ2n) is 3.01. The molecular weight excluding hydrogens is 167 g/mol. The van der Waals surface area contributed by atoms with Gasteiger partial charge in [-0.15, -0.1) is 0 Å². The Labute approximate surface area is 76.9 Å². The number of carbonyl (C=O) groups excluding carboxylic acids is 1. The van der Waals surface area contributed by atoms with Gasteiger partial charge >= 0.3 is 0 Å². The Hall–Kier alpha value is -1.44. The summed E-state index contributed by atoms with van der Waals surface area (Å²) in [5, 5.41) is 0. The summed E-state index contributed by atoms with van der Waals surface area (Å²) in [4.78, 5) is 10.6. The summed E-state index contributed by atoms with van der Waals surface area (Å²) in [6.45, 7) is 3.27. The van der Waals surface area contributed by atoms with Crippen molar-refractivity contribution in [2.45, 2.75) is 13.8 Å². The highest BCUT2D eigenvalue weighted by Gasteiger charge is 1.94. The van der Waals surface area contributed by atoms with Crippen molar-refractivity contribution in [3.8, 4) is 0 Å². The smallest absolute Gasteiger partial charge is 0.152 e. The number of benzene rings is 1. The van der Waals surface area contributed by atoms with E-state index in [9.17, 15) is 9.18 Å². The monoisotopic (exact) mass is 178 g/mol. The Morgan fingerprint density at radius 1 is 1.38 bits per heavy atom. The quantitative estimate of drug-likeness (QED) is 0.636. The van der Waals surface area contributed by atoms with Crippen LogP contribution in [0.3, 0.4) is 0 Å². The fourth-order valence-electron chi connectivity index (χ4n) is 1.07. The lowest BCUT2D eigenvalue weighted by Gasteiger charge is -1.96. The summed E-state index contributed by atoms with van der Waals surface area (Å²) in [6, 6.07) is 4.67. The Kier molecular flexibility index (Phi) is 2.96. The van der Waals surface area contributed by atoms with E-state index in [0.717, 1.165) is 5.56 Å². The third-order valence-corrected chi connectivity index (χ3v) is 1.57. The SMILES string of the molecule is CC(=O)/C=C/c1cc(C)cc(F)c1. The molecule has 68 valence electrons. The summed E-state index contributed by atoms with van der Waals surface area (Å²) < 4.78 is 12.8. The van der Waals surface area contributed by atoms with Crippen LogP contribution in [0.1, 0.15) is 18.1 Å². The van der Waals surface area contributed by atoms with Gasteiger partial charge in [0.1, 0.15) is 5.82 Å². The molecule has 1 nitrogen and oxygen atoms in total. The van der Waals surface area contributed by atoms with Crippen LogP contribution in [0.5, 0.6) is 0 Å². The van der Waals surface area contributed by atoms with E-state index < -0.39 is 0 Å². The van der Waals surface area contributed by atoms with Crippen LogP contribution in [-0.4, -0.2) is 5.78 Å². The molecule has 0 atom stereocenters. The fraction of sp³-hybridized carbons (Fsp3) is 0.182. The maximum atomic E-state index is 12.8. The van der Waals surface area contributed by atoms with Crippen LogP contribution >= 0.6 is 0 Å². The maximum Gasteiger partial charge on any atom is 0.152 e. The van der Waals surface area contributed by atoms with Gasteiger partial charge in [-0.2, -0.15) is 0 Å². The van der Waals surface area contributed by atoms with Crippen molar-refractivity contribution in [1.82, 2.24) is 0 Å². The topological polar surface area (TPSA) is 17.1 Å². The third kappa shape index (κ3) is 3.20. The first-order chi connectivity index (χ1) is 6.08. The number of ketones is 1. The van der Waals surface area contributed by atoms with Gasteiger partial charge in [0.25, 0.3) is 0 Å². The molecule has 0 saturated heterocycles. The molecule has 0 aliphatic carbocycles. The van der Waals surface area contributed by atoms with Gasteiger partial charge < -0.3 is 0 Å². The van der Waals surface area contributed by atoms with Crippen LogP contribution in [0, 0.1) is 12.7 Å². The molecule has 0 N–H and O–H groups in total. The molecule has 0 spiro atoms. The largest absolute Gasteiger partial charge is 0.295 e. The van der Waals surface area contributed by atoms with E-state index in [-0.39, 0.29) is 11.6 Å². The van der Waals surface area contributed by atoms with Gasteiger partial charge in [-0.25, -0.2) is 4.39 Å². The van der Waals surface area contributed by atoms with E-state index in [1.807, 2.05) is 13.0 Å². The highest BCUT2D eigenvalue weighted by Crippen LogP contribution is 2.09. The van der Waals surface area contributed by atoms with Crippen molar-refractivity contribution in [3.63, 3.8) is 0 Å². The standard InChI is InChI=1S/C11H11FO/c1-8-5-10(4-3-9(2)13)7-11(12)6-8/h3-7H,1-2H3/b4-3+. The zero-order chi connectivity index (χ0) is 9.84. The molecule has 0 saturated carbocycles. The Balaban J connectivity index is 2.95. The zero-order valence-corrected chi connectivity index (χ0v) is 7.67. The average molecular weight is 178 g/mol. The summed E-state index contributed by atoms with van der Waals surface area (Å²) in [5.41, 5.74) is 1.57. The molecule has 0 radical (unpaired) electrons. The lowest BCUT2D eigenvalue weighted by Crippen LogP contribution is -1.83. The first-order valence-electron chi connectivity index (χ1n) is 4.04. The number of rotatable bonds is 2. The number of hydrogen-bond acceptors (Lipinski definition) is 1. The fourth-order valence-corrected chi connectivity index (χ4v) is 1.07. The Morgan fingerprint density at radius 2 is 2.08 bits per heavy atom. The second-order valence-corrected chi connectivity index (χ2v) is 3.01. The number of allylic oxidation sites excluding steroid dienone is 1. The van der Waals surface area contributed by atoms with Crippen molar-refractivity contribution < 1.29 is 9.18 Å². The molecule has 0 fully saturated rings. The minimum atomic E-state index is -0.275. The lowest BCUT2D eigenvalue weighted by molar-refractivity contribution is -0.112. The predicted octanol–water partition coefficient (Wildman–Crippen LogP) is 2.74. The lowest BCUT2D eigenvalue weighted by atomic mass is 10.1. The summed E-state index contributed by atoms with van der Waals surface area (Å²) in [5.74, 6) is -0.315. The molecule has 1 rings (SSSR count). The highest BCUT2D eigenvalue weighted by atomic mass is 19.1. The Bertz CT molecular complexity index is 333. The minimum Gasteiger partial charge on any atom is -0.295 e. The van der Waals surface area contributed by atoms with Crippen molar-refractivity contribution >= 4 is 11.9 Å². The molecule has 1 aromatic carbocycles. The van der Waals surface area contributed by atoms with Gasteiger partial charge in [-0.3, -0.25) is 4.79 Å². The van der Waals surface area contributed by atoms with Gasteiger partial charge in [0.2, 0.25) is 0 Å². The predicted molar refractivity (Wildman–Crippen MR) is 50.9 cm³/mol. The van der Waals surface area contributed by atoms with Crippen molar-refractivity contribution in [2.75, 3.05) is 0 Å². The number of carbonyl (C=O) groups is 1. The van der Waals surface area contributed by atoms with Gasteiger partial charge in [0, 0.05) is 0 Å². The molecule has 0 amide bonds. The van der Waals surface area contributed by atoms with Gasteiger partial charge in [0.05, 0.1) is 0 Å². The zero-order valence-electron chi connectivity index (χ0n) is 7.67. The van der Waals surface area contributed by atoms with E-state index in [4.69, 9.17) is 0 Å². The maximum absolute atomic E-state index is 12.8. The van der Waals surface area contributed by atoms with Gasteiger partial charge in [0.15, 0.2) is 5.78 Å². The molecule has 0 heterocycles. The normalized spacial score (nSPS) is 10.7. The van der Waals surface area contributed by atoms with Crippen LogP contribution in [0.15, 0.2) is 24.3 Å². The second kappa shape index (κ2) is 3.99. The van der Waals surface area contributed by atoms with Crippen LogP contribution in [0.2, 0.25) is 0 Å². The van der Waals surface area contributed by atoms with E-state index in [0.29, 0.717) is 5.56 Å². The summed E-state index contributed by atoms with van der Waals surface area (Å²) >= 11 is 0. The number of halogens is 1. The third-order valence-electron chi connectivity index (χ3n) is 1.57. The molecule has 1 aromatic rings. The highest BCUT2D eigenvalue weighted by molar-refractivity contribution is 5.91. The van der Waals surface area contributed by atoms with E-state index in [1.165, 1.54) is 25.1 Å². The van der Waals surface area contributed by atoms with E-state index >= 15 is 0 Å². The minimum absolute atomic E-state index is 0.0399. The number of hydrogen-bond donors (Lipinski definition) is 0. The van der Waals surface area contributed by atoms with Crippen LogP contribution in [-0.2, 0) is 4.79 Å². The molecule has 0 aliphatic rings. The molecule has 0 aromatic heterocycles. The Morgan fingerprint density at radius 3 is 2.62 bits per heavy atom. The van der Waals surface area contributed by atoms with E-state index in [1.54, 1.807) is 6.08 Å².